The highest BCUT2D eigenvalue weighted by Gasteiger charge is 2.48. The highest BCUT2D eigenvalue weighted by atomic mass is 16.2. The Morgan fingerprint density at radius 2 is 1.89 bits per heavy atom. The molecule has 0 saturated carbocycles. The van der Waals surface area contributed by atoms with Crippen molar-refractivity contribution in [3.05, 3.63) is 60.2 Å². The van der Waals surface area contributed by atoms with Crippen molar-refractivity contribution in [1.29, 1.82) is 0 Å². The maximum Gasteiger partial charge on any atom is 0.274 e. The molecule has 0 bridgehead atoms. The monoisotopic (exact) mass is 365 g/mol. The molecule has 7 nitrogen and oxygen atoms in total. The number of rotatable bonds is 3. The minimum absolute atomic E-state index is 0.0799. The summed E-state index contributed by atoms with van der Waals surface area (Å²) in [5.41, 5.74) is 1.00. The lowest BCUT2D eigenvalue weighted by Gasteiger charge is -2.50. The number of hydrogen-bond acceptors (Lipinski definition) is 5. The Bertz CT molecular complexity index is 804. The van der Waals surface area contributed by atoms with Gasteiger partial charge in [0.1, 0.15) is 11.2 Å². The zero-order chi connectivity index (χ0) is 18.7. The van der Waals surface area contributed by atoms with Gasteiger partial charge < -0.3 is 10.2 Å². The van der Waals surface area contributed by atoms with Crippen LogP contribution in [0.2, 0.25) is 0 Å². The Labute approximate surface area is 158 Å². The van der Waals surface area contributed by atoms with Crippen LogP contribution >= 0.6 is 0 Å². The van der Waals surface area contributed by atoms with Crippen LogP contribution in [-0.2, 0) is 11.3 Å². The number of likely N-dealkylation sites (tertiary alicyclic amines) is 1. The van der Waals surface area contributed by atoms with Gasteiger partial charge in [0.2, 0.25) is 5.91 Å². The largest absolute Gasteiger partial charge is 0.353 e. The number of carbonyl (C=O) groups is 2. The lowest BCUT2D eigenvalue weighted by Crippen LogP contribution is -2.67. The van der Waals surface area contributed by atoms with Gasteiger partial charge in [-0.2, -0.15) is 0 Å². The molecule has 3 heterocycles. The van der Waals surface area contributed by atoms with E-state index in [0.29, 0.717) is 38.2 Å². The van der Waals surface area contributed by atoms with Crippen LogP contribution in [0.25, 0.3) is 0 Å². The molecule has 1 spiro atoms. The molecular weight excluding hydrogens is 342 g/mol. The molecule has 0 aliphatic carbocycles. The van der Waals surface area contributed by atoms with Gasteiger partial charge in [-0.15, -0.1) is 0 Å². The molecule has 0 atom stereocenters. The zero-order valence-corrected chi connectivity index (χ0v) is 15.2. The van der Waals surface area contributed by atoms with Gasteiger partial charge in [0.05, 0.1) is 6.20 Å². The van der Waals surface area contributed by atoms with Gasteiger partial charge in [0.15, 0.2) is 0 Å². The smallest absolute Gasteiger partial charge is 0.274 e. The Morgan fingerprint density at radius 3 is 2.59 bits per heavy atom. The van der Waals surface area contributed by atoms with E-state index in [9.17, 15) is 9.59 Å². The standard InChI is InChI=1S/C20H23N5O2/c26-18(17-14-21-8-9-22-17)24-11-6-20(7-12-24)19(27)23-10-13-25(20)15-16-4-2-1-3-5-16/h1-5,8-9,14H,6-7,10-13,15H2,(H,23,27). The summed E-state index contributed by atoms with van der Waals surface area (Å²) in [4.78, 5) is 37.6. The van der Waals surface area contributed by atoms with E-state index < -0.39 is 5.54 Å². The Hall–Kier alpha value is -2.80. The third-order valence-electron chi connectivity index (χ3n) is 5.57. The van der Waals surface area contributed by atoms with Crippen molar-refractivity contribution in [1.82, 2.24) is 25.1 Å². The third kappa shape index (κ3) is 3.42. The van der Waals surface area contributed by atoms with Gasteiger partial charge in [-0.1, -0.05) is 30.3 Å². The molecule has 4 rings (SSSR count). The van der Waals surface area contributed by atoms with Crippen molar-refractivity contribution in [2.24, 2.45) is 0 Å². The number of amides is 2. The molecular formula is C20H23N5O2. The van der Waals surface area contributed by atoms with Crippen molar-refractivity contribution in [2.45, 2.75) is 24.9 Å². The molecule has 1 aromatic carbocycles. The van der Waals surface area contributed by atoms with Crippen molar-refractivity contribution in [2.75, 3.05) is 26.2 Å². The van der Waals surface area contributed by atoms with Gasteiger partial charge in [0.25, 0.3) is 5.91 Å². The van der Waals surface area contributed by atoms with E-state index in [1.165, 1.54) is 18.0 Å². The second-order valence-electron chi connectivity index (χ2n) is 7.08. The minimum atomic E-state index is -0.548. The van der Waals surface area contributed by atoms with Crippen molar-refractivity contribution < 1.29 is 9.59 Å². The van der Waals surface area contributed by atoms with Crippen LogP contribution in [0.15, 0.2) is 48.9 Å². The average molecular weight is 365 g/mol. The van der Waals surface area contributed by atoms with Gasteiger partial charge in [0, 0.05) is 45.1 Å². The molecule has 2 aromatic rings. The molecule has 27 heavy (non-hydrogen) atoms. The first kappa shape index (κ1) is 17.6. The molecule has 1 aromatic heterocycles. The van der Waals surface area contributed by atoms with Crippen molar-refractivity contribution in [3.63, 3.8) is 0 Å². The number of benzene rings is 1. The van der Waals surface area contributed by atoms with Crippen LogP contribution in [-0.4, -0.2) is 63.3 Å². The third-order valence-corrected chi connectivity index (χ3v) is 5.57. The molecule has 2 amide bonds. The fourth-order valence-corrected chi connectivity index (χ4v) is 4.06. The van der Waals surface area contributed by atoms with Gasteiger partial charge in [-0.3, -0.25) is 19.5 Å². The fraction of sp³-hybridized carbons (Fsp3) is 0.400. The number of hydrogen-bond donors (Lipinski definition) is 1. The second-order valence-corrected chi connectivity index (χ2v) is 7.08. The highest BCUT2D eigenvalue weighted by molar-refractivity contribution is 5.93. The normalized spacial score (nSPS) is 19.7. The number of carbonyl (C=O) groups excluding carboxylic acids is 2. The summed E-state index contributed by atoms with van der Waals surface area (Å²) >= 11 is 0. The number of nitrogens with one attached hydrogen (secondary N) is 1. The van der Waals surface area contributed by atoms with Crippen LogP contribution in [0, 0.1) is 0 Å². The van der Waals surface area contributed by atoms with E-state index in [1.54, 1.807) is 11.1 Å². The zero-order valence-electron chi connectivity index (χ0n) is 15.2. The van der Waals surface area contributed by atoms with E-state index in [-0.39, 0.29) is 11.8 Å². The van der Waals surface area contributed by atoms with E-state index >= 15 is 0 Å². The molecule has 0 radical (unpaired) electrons. The van der Waals surface area contributed by atoms with Crippen LogP contribution in [0.3, 0.4) is 0 Å². The van der Waals surface area contributed by atoms with Gasteiger partial charge in [-0.05, 0) is 18.4 Å². The fourth-order valence-electron chi connectivity index (χ4n) is 4.06. The summed E-state index contributed by atoms with van der Waals surface area (Å²) in [7, 11) is 0. The number of piperidine rings is 1. The molecule has 140 valence electrons. The molecule has 7 heteroatoms. The predicted molar refractivity (Wildman–Crippen MR) is 99.8 cm³/mol. The summed E-state index contributed by atoms with van der Waals surface area (Å²) in [5, 5.41) is 3.03. The SMILES string of the molecule is O=C(c1cnccn1)N1CCC2(CC1)C(=O)NCCN2Cc1ccccc1. The number of nitrogens with zero attached hydrogens (tertiary/aromatic N) is 4. The lowest BCUT2D eigenvalue weighted by atomic mass is 9.82. The summed E-state index contributed by atoms with van der Waals surface area (Å²) < 4.78 is 0. The summed E-state index contributed by atoms with van der Waals surface area (Å²) in [5.74, 6) is -0.0416. The second kappa shape index (κ2) is 7.44. The number of piperazine rings is 1. The summed E-state index contributed by atoms with van der Waals surface area (Å²) in [6.07, 6.45) is 5.81. The van der Waals surface area contributed by atoms with Crippen LogP contribution < -0.4 is 5.32 Å². The van der Waals surface area contributed by atoms with Gasteiger partial charge >= 0.3 is 0 Å². The Balaban J connectivity index is 1.49. The quantitative estimate of drug-likeness (QED) is 0.881. The average Bonchev–Trinajstić information content (AvgIpc) is 2.73. The lowest BCUT2D eigenvalue weighted by molar-refractivity contribution is -0.141. The van der Waals surface area contributed by atoms with E-state index in [0.717, 1.165) is 13.1 Å². The maximum absolute atomic E-state index is 12.8. The minimum Gasteiger partial charge on any atom is -0.353 e. The molecule has 2 aliphatic rings. The Morgan fingerprint density at radius 1 is 1.11 bits per heavy atom. The molecule has 2 saturated heterocycles. The van der Waals surface area contributed by atoms with Crippen molar-refractivity contribution in [3.8, 4) is 0 Å². The van der Waals surface area contributed by atoms with Crippen LogP contribution in [0.5, 0.6) is 0 Å². The maximum atomic E-state index is 12.8. The van der Waals surface area contributed by atoms with Crippen molar-refractivity contribution >= 4 is 11.8 Å². The highest BCUT2D eigenvalue weighted by Crippen LogP contribution is 2.32. The molecule has 2 aliphatic heterocycles. The Kier molecular flexibility index (Phi) is 4.85. The number of aromatic nitrogens is 2. The summed E-state index contributed by atoms with van der Waals surface area (Å²) in [6.45, 7) is 3.29. The van der Waals surface area contributed by atoms with Crippen LogP contribution in [0.1, 0.15) is 28.9 Å². The topological polar surface area (TPSA) is 78.4 Å². The molecule has 1 N–H and O–H groups in total. The van der Waals surface area contributed by atoms with E-state index in [2.05, 4.69) is 32.3 Å². The predicted octanol–water partition coefficient (Wildman–Crippen LogP) is 1.08. The van der Waals surface area contributed by atoms with Crippen LogP contribution in [0.4, 0.5) is 0 Å². The molecule has 2 fully saturated rings. The van der Waals surface area contributed by atoms with E-state index in [1.807, 2.05) is 18.2 Å². The first-order valence-corrected chi connectivity index (χ1v) is 9.32. The first-order valence-electron chi connectivity index (χ1n) is 9.32. The van der Waals surface area contributed by atoms with E-state index in [4.69, 9.17) is 0 Å². The summed E-state index contributed by atoms with van der Waals surface area (Å²) in [6, 6.07) is 10.2. The first-order chi connectivity index (χ1) is 13.2. The van der Waals surface area contributed by atoms with Gasteiger partial charge in [-0.25, -0.2) is 4.98 Å². The molecule has 0 unspecified atom stereocenters.